The van der Waals surface area contributed by atoms with Crippen LogP contribution in [0.3, 0.4) is 0 Å². The van der Waals surface area contributed by atoms with E-state index in [0.29, 0.717) is 25.3 Å². The van der Waals surface area contributed by atoms with Gasteiger partial charge in [0.2, 0.25) is 0 Å². The second-order valence-electron chi connectivity index (χ2n) is 4.70. The van der Waals surface area contributed by atoms with Gasteiger partial charge >= 0.3 is 6.18 Å². The Labute approximate surface area is 94.0 Å². The molecule has 1 unspecified atom stereocenters. The lowest BCUT2D eigenvalue weighted by atomic mass is 9.77. The molecule has 3 N–H and O–H groups in total. The largest absolute Gasteiger partial charge is 0.414 e. The molecule has 96 valence electrons. The van der Waals surface area contributed by atoms with Crippen LogP contribution in [0.1, 0.15) is 38.5 Å². The van der Waals surface area contributed by atoms with Crippen LogP contribution < -0.4 is 5.73 Å². The summed E-state index contributed by atoms with van der Waals surface area (Å²) in [5.74, 6) is -0.102. The summed E-state index contributed by atoms with van der Waals surface area (Å²) < 4.78 is 36.8. The minimum atomic E-state index is -4.46. The molecule has 1 rings (SSSR count). The SMILES string of the molecule is NCCCC1CCC(C(O)C(F)(F)F)CC1. The zero-order valence-electron chi connectivity index (χ0n) is 9.34. The van der Waals surface area contributed by atoms with E-state index < -0.39 is 18.2 Å². The minimum absolute atomic E-state index is 0.482. The van der Waals surface area contributed by atoms with Gasteiger partial charge in [0.05, 0.1) is 0 Å². The van der Waals surface area contributed by atoms with Crippen molar-refractivity contribution in [2.45, 2.75) is 50.8 Å². The number of aliphatic hydroxyl groups excluding tert-OH is 1. The number of hydrogen-bond acceptors (Lipinski definition) is 2. The number of aliphatic hydroxyl groups is 1. The molecule has 2 nitrogen and oxygen atoms in total. The molecule has 1 fully saturated rings. The third-order valence-corrected chi connectivity index (χ3v) is 3.49. The van der Waals surface area contributed by atoms with Gasteiger partial charge in [-0.1, -0.05) is 12.8 Å². The van der Waals surface area contributed by atoms with E-state index in [1.54, 1.807) is 0 Å². The standard InChI is InChI=1S/C11H20F3NO/c12-11(13,14)10(16)9-5-3-8(4-6-9)2-1-7-15/h8-10,16H,1-7,15H2. The fourth-order valence-corrected chi connectivity index (χ4v) is 2.47. The smallest absolute Gasteiger partial charge is 0.383 e. The lowest BCUT2D eigenvalue weighted by molar-refractivity contribution is -0.222. The van der Waals surface area contributed by atoms with Crippen molar-refractivity contribution in [3.8, 4) is 0 Å². The van der Waals surface area contributed by atoms with Crippen LogP contribution in [-0.4, -0.2) is 23.9 Å². The highest BCUT2D eigenvalue weighted by molar-refractivity contribution is 4.81. The van der Waals surface area contributed by atoms with Crippen molar-refractivity contribution in [1.82, 2.24) is 0 Å². The number of rotatable bonds is 4. The quantitative estimate of drug-likeness (QED) is 0.791. The van der Waals surface area contributed by atoms with Crippen molar-refractivity contribution >= 4 is 0 Å². The van der Waals surface area contributed by atoms with Crippen molar-refractivity contribution in [1.29, 1.82) is 0 Å². The topological polar surface area (TPSA) is 46.2 Å². The maximum absolute atomic E-state index is 12.3. The average molecular weight is 239 g/mol. The molecule has 0 heterocycles. The summed E-state index contributed by atoms with van der Waals surface area (Å²) in [6, 6.07) is 0. The van der Waals surface area contributed by atoms with Gasteiger partial charge in [-0.05, 0) is 44.1 Å². The summed E-state index contributed by atoms with van der Waals surface area (Å²) in [6.07, 6.45) is -2.11. The molecule has 0 aromatic heterocycles. The van der Waals surface area contributed by atoms with E-state index in [4.69, 9.17) is 10.8 Å². The van der Waals surface area contributed by atoms with Crippen molar-refractivity contribution in [3.05, 3.63) is 0 Å². The van der Waals surface area contributed by atoms with Gasteiger partial charge in [0, 0.05) is 0 Å². The van der Waals surface area contributed by atoms with E-state index in [-0.39, 0.29) is 0 Å². The summed E-state index contributed by atoms with van der Waals surface area (Å²) in [4.78, 5) is 0. The van der Waals surface area contributed by atoms with E-state index in [9.17, 15) is 13.2 Å². The monoisotopic (exact) mass is 239 g/mol. The molecule has 1 saturated carbocycles. The highest BCUT2D eigenvalue weighted by Gasteiger charge is 2.44. The Kier molecular flexibility index (Phi) is 5.05. The van der Waals surface area contributed by atoms with Crippen LogP contribution in [0.2, 0.25) is 0 Å². The predicted molar refractivity (Wildman–Crippen MR) is 55.8 cm³/mol. The second-order valence-corrected chi connectivity index (χ2v) is 4.70. The van der Waals surface area contributed by atoms with Gasteiger partial charge in [0.1, 0.15) is 0 Å². The van der Waals surface area contributed by atoms with Crippen molar-refractivity contribution in [3.63, 3.8) is 0 Å². The number of alkyl halides is 3. The van der Waals surface area contributed by atoms with Crippen molar-refractivity contribution in [2.75, 3.05) is 6.54 Å². The van der Waals surface area contributed by atoms with Gasteiger partial charge in [0.25, 0.3) is 0 Å². The van der Waals surface area contributed by atoms with Gasteiger partial charge in [-0.25, -0.2) is 0 Å². The van der Waals surface area contributed by atoms with Gasteiger partial charge in [-0.2, -0.15) is 13.2 Å². The highest BCUT2D eigenvalue weighted by atomic mass is 19.4. The molecular weight excluding hydrogens is 219 g/mol. The molecule has 5 heteroatoms. The Hall–Kier alpha value is -0.290. The van der Waals surface area contributed by atoms with Crippen LogP contribution in [-0.2, 0) is 0 Å². The first-order valence-corrected chi connectivity index (χ1v) is 5.90. The predicted octanol–water partition coefficient (Wildman–Crippen LogP) is 2.45. The molecule has 1 aliphatic carbocycles. The van der Waals surface area contributed by atoms with Gasteiger partial charge < -0.3 is 10.8 Å². The lowest BCUT2D eigenvalue weighted by Crippen LogP contribution is -2.37. The fraction of sp³-hybridized carbons (Fsp3) is 1.00. The molecule has 0 bridgehead atoms. The molecule has 16 heavy (non-hydrogen) atoms. The molecule has 1 aliphatic rings. The van der Waals surface area contributed by atoms with Crippen molar-refractivity contribution in [2.24, 2.45) is 17.6 Å². The maximum Gasteiger partial charge on any atom is 0.414 e. The first-order valence-electron chi connectivity index (χ1n) is 5.90. The molecular formula is C11H20F3NO. The third kappa shape index (κ3) is 3.94. The van der Waals surface area contributed by atoms with Crippen LogP contribution in [0.4, 0.5) is 13.2 Å². The highest BCUT2D eigenvalue weighted by Crippen LogP contribution is 2.37. The zero-order chi connectivity index (χ0) is 12.2. The normalized spacial score (nSPS) is 29.1. The van der Waals surface area contributed by atoms with Crippen LogP contribution in [0.15, 0.2) is 0 Å². The summed E-state index contributed by atoms with van der Waals surface area (Å²) in [6.45, 7) is 0.644. The van der Waals surface area contributed by atoms with Crippen molar-refractivity contribution < 1.29 is 18.3 Å². The molecule has 0 radical (unpaired) electrons. The number of hydrogen-bond donors (Lipinski definition) is 2. The molecule has 0 spiro atoms. The van der Waals surface area contributed by atoms with E-state index in [1.165, 1.54) is 0 Å². The zero-order valence-corrected chi connectivity index (χ0v) is 9.34. The van der Waals surface area contributed by atoms with E-state index >= 15 is 0 Å². The van der Waals surface area contributed by atoms with Crippen LogP contribution in [0.5, 0.6) is 0 Å². The van der Waals surface area contributed by atoms with Crippen LogP contribution in [0.25, 0.3) is 0 Å². The Morgan fingerprint density at radius 1 is 1.19 bits per heavy atom. The second kappa shape index (κ2) is 5.87. The molecule has 1 atom stereocenters. The lowest BCUT2D eigenvalue weighted by Gasteiger charge is -2.32. The molecule has 0 aromatic rings. The first kappa shape index (κ1) is 13.8. The van der Waals surface area contributed by atoms with Crippen LogP contribution >= 0.6 is 0 Å². The molecule has 0 aliphatic heterocycles. The number of nitrogens with two attached hydrogens (primary N) is 1. The third-order valence-electron chi connectivity index (χ3n) is 3.49. The van der Waals surface area contributed by atoms with E-state index in [0.717, 1.165) is 25.7 Å². The number of halogens is 3. The van der Waals surface area contributed by atoms with Gasteiger partial charge in [-0.15, -0.1) is 0 Å². The summed E-state index contributed by atoms with van der Waals surface area (Å²) in [7, 11) is 0. The van der Waals surface area contributed by atoms with Crippen LogP contribution in [0, 0.1) is 11.8 Å². The van der Waals surface area contributed by atoms with Gasteiger partial charge in [-0.3, -0.25) is 0 Å². The maximum atomic E-state index is 12.3. The molecule has 0 saturated heterocycles. The summed E-state index contributed by atoms with van der Waals surface area (Å²) in [5, 5.41) is 9.13. The first-order chi connectivity index (χ1) is 7.45. The molecule has 0 amide bonds. The fourth-order valence-electron chi connectivity index (χ4n) is 2.47. The van der Waals surface area contributed by atoms with Gasteiger partial charge in [0.15, 0.2) is 6.10 Å². The average Bonchev–Trinajstić information content (AvgIpc) is 2.25. The summed E-state index contributed by atoms with van der Waals surface area (Å²) in [5.41, 5.74) is 5.39. The van der Waals surface area contributed by atoms with E-state index in [2.05, 4.69) is 0 Å². The summed E-state index contributed by atoms with van der Waals surface area (Å²) >= 11 is 0. The molecule has 0 aromatic carbocycles. The Bertz CT molecular complexity index is 200. The Balaban J connectivity index is 2.31. The Morgan fingerprint density at radius 3 is 2.19 bits per heavy atom. The van der Waals surface area contributed by atoms with E-state index in [1.807, 2.05) is 0 Å². The Morgan fingerprint density at radius 2 is 1.75 bits per heavy atom. The minimum Gasteiger partial charge on any atom is -0.383 e.